The molecule has 0 atom stereocenters. The lowest BCUT2D eigenvalue weighted by Crippen LogP contribution is -2.23. The van der Waals surface area contributed by atoms with Crippen molar-refractivity contribution in [1.29, 1.82) is 0 Å². The summed E-state index contributed by atoms with van der Waals surface area (Å²) in [4.78, 5) is 30.6. The van der Waals surface area contributed by atoms with Crippen molar-refractivity contribution in [3.8, 4) is 11.5 Å². The van der Waals surface area contributed by atoms with Gasteiger partial charge >= 0.3 is 5.97 Å². The zero-order valence-electron chi connectivity index (χ0n) is 20.5. The summed E-state index contributed by atoms with van der Waals surface area (Å²) in [6, 6.07) is 18.1. The third-order valence-corrected chi connectivity index (χ3v) is 7.10. The van der Waals surface area contributed by atoms with Crippen LogP contribution in [0.3, 0.4) is 0 Å². The number of hydrogen-bond acceptors (Lipinski definition) is 6. The first-order valence-corrected chi connectivity index (χ1v) is 13.1. The van der Waals surface area contributed by atoms with E-state index in [-0.39, 0.29) is 11.5 Å². The van der Waals surface area contributed by atoms with Crippen LogP contribution in [-0.4, -0.2) is 40.7 Å². The van der Waals surface area contributed by atoms with Gasteiger partial charge in [-0.3, -0.25) is 9.69 Å². The lowest BCUT2D eigenvalue weighted by molar-refractivity contribution is -0.121. The minimum absolute atomic E-state index is 0.132. The molecule has 3 aromatic rings. The molecule has 1 aliphatic rings. The van der Waals surface area contributed by atoms with Gasteiger partial charge in [-0.05, 0) is 89.1 Å². The second-order valence-electron chi connectivity index (χ2n) is 8.26. The van der Waals surface area contributed by atoms with Gasteiger partial charge in [-0.1, -0.05) is 35.9 Å². The van der Waals surface area contributed by atoms with Crippen molar-refractivity contribution in [2.75, 3.05) is 13.7 Å². The number of halogens is 1. The predicted octanol–water partition coefficient (Wildman–Crippen LogP) is 6.67. The first-order chi connectivity index (χ1) is 17.7. The van der Waals surface area contributed by atoms with Gasteiger partial charge in [0, 0.05) is 7.05 Å². The third kappa shape index (κ3) is 6.42. The minimum Gasteiger partial charge on any atom is -0.490 e. The number of ether oxygens (including phenoxy) is 2. The molecule has 1 amide bonds. The Hall–Kier alpha value is -3.56. The van der Waals surface area contributed by atoms with Crippen LogP contribution in [0.2, 0.25) is 0 Å². The van der Waals surface area contributed by atoms with Gasteiger partial charge < -0.3 is 14.6 Å². The van der Waals surface area contributed by atoms with Gasteiger partial charge in [-0.15, -0.1) is 0 Å². The maximum atomic E-state index is 12.9. The average molecular weight is 581 g/mol. The number of aromatic carboxylic acids is 1. The molecule has 3 aromatic carbocycles. The molecule has 1 heterocycles. The van der Waals surface area contributed by atoms with E-state index in [0.717, 1.165) is 11.1 Å². The van der Waals surface area contributed by atoms with Crippen molar-refractivity contribution in [1.82, 2.24) is 4.90 Å². The highest BCUT2D eigenvalue weighted by atomic mass is 79.9. The number of aliphatic imine (C=N–C) groups is 1. The van der Waals surface area contributed by atoms with Crippen molar-refractivity contribution in [2.24, 2.45) is 4.99 Å². The molecule has 0 radical (unpaired) electrons. The maximum absolute atomic E-state index is 12.9. The van der Waals surface area contributed by atoms with Gasteiger partial charge in [-0.25, -0.2) is 9.79 Å². The van der Waals surface area contributed by atoms with Crippen molar-refractivity contribution in [2.45, 2.75) is 20.5 Å². The Morgan fingerprint density at radius 2 is 1.89 bits per heavy atom. The summed E-state index contributed by atoms with van der Waals surface area (Å²) in [5, 5.41) is 9.68. The van der Waals surface area contributed by atoms with E-state index in [1.807, 2.05) is 50.2 Å². The first kappa shape index (κ1) is 26.5. The molecule has 0 aromatic heterocycles. The molecule has 4 rings (SSSR count). The van der Waals surface area contributed by atoms with Crippen LogP contribution < -0.4 is 9.47 Å². The Bertz CT molecular complexity index is 1400. The number of carbonyl (C=O) groups is 2. The van der Waals surface area contributed by atoms with Crippen LogP contribution in [0.25, 0.3) is 6.08 Å². The van der Waals surface area contributed by atoms with Crippen molar-refractivity contribution >= 4 is 56.5 Å². The van der Waals surface area contributed by atoms with Crippen LogP contribution in [0.1, 0.15) is 34.0 Å². The van der Waals surface area contributed by atoms with Crippen LogP contribution in [-0.2, 0) is 11.4 Å². The first-order valence-electron chi connectivity index (χ1n) is 11.5. The molecule has 0 spiro atoms. The van der Waals surface area contributed by atoms with Gasteiger partial charge in [0.25, 0.3) is 5.91 Å². The molecule has 7 nitrogen and oxygen atoms in total. The number of rotatable bonds is 8. The molecule has 0 unspecified atom stereocenters. The fourth-order valence-electron chi connectivity index (χ4n) is 3.54. The molecule has 37 heavy (non-hydrogen) atoms. The van der Waals surface area contributed by atoms with Gasteiger partial charge in [0.1, 0.15) is 6.61 Å². The number of thioether (sulfide) groups is 1. The molecule has 0 aliphatic carbocycles. The number of aryl methyl sites for hydroxylation is 1. The molecule has 1 fully saturated rings. The fourth-order valence-corrected chi connectivity index (χ4v) is 5.10. The van der Waals surface area contributed by atoms with E-state index in [4.69, 9.17) is 9.47 Å². The van der Waals surface area contributed by atoms with Gasteiger partial charge in [-0.2, -0.15) is 0 Å². The monoisotopic (exact) mass is 580 g/mol. The van der Waals surface area contributed by atoms with Gasteiger partial charge in [0.2, 0.25) is 0 Å². The highest BCUT2D eigenvalue weighted by Crippen LogP contribution is 2.40. The molecule has 1 N–H and O–H groups in total. The molecule has 0 bridgehead atoms. The molecule has 1 saturated heterocycles. The Morgan fingerprint density at radius 1 is 1.14 bits per heavy atom. The smallest absolute Gasteiger partial charge is 0.335 e. The normalized spacial score (nSPS) is 15.5. The third-order valence-electron chi connectivity index (χ3n) is 5.45. The molecule has 1 aliphatic heterocycles. The fraction of sp³-hybridized carbons (Fsp3) is 0.179. The van der Waals surface area contributed by atoms with E-state index < -0.39 is 5.97 Å². The van der Waals surface area contributed by atoms with Crippen LogP contribution >= 0.6 is 27.7 Å². The van der Waals surface area contributed by atoms with E-state index >= 15 is 0 Å². The SMILES string of the molecule is CCOc1cc(/C=C2/SC(=Nc3cccc(C(=O)O)c3)N(C)C2=O)cc(Br)c1OCc1ccc(C)cc1. The number of amidine groups is 1. The van der Waals surface area contributed by atoms with Crippen molar-refractivity contribution in [3.63, 3.8) is 0 Å². The number of amides is 1. The number of carboxylic acid groups (broad SMARTS) is 1. The summed E-state index contributed by atoms with van der Waals surface area (Å²) in [5.74, 6) is -0.0771. The van der Waals surface area contributed by atoms with Crippen molar-refractivity contribution < 1.29 is 24.2 Å². The van der Waals surface area contributed by atoms with E-state index in [0.29, 0.717) is 44.9 Å². The van der Waals surface area contributed by atoms with Crippen LogP contribution in [0.4, 0.5) is 5.69 Å². The standard InChI is InChI=1S/C28H25BrN2O5S/c1-4-35-23-13-19(12-22(29)25(23)36-16-18-10-8-17(2)9-11-18)14-24-26(32)31(3)28(37-24)30-21-7-5-6-20(15-21)27(33)34/h5-15H,4,16H2,1-3H3,(H,33,34)/b24-14+,30-28?. The number of carbonyl (C=O) groups excluding carboxylic acids is 1. The Balaban J connectivity index is 1.59. The predicted molar refractivity (Wildman–Crippen MR) is 150 cm³/mol. The summed E-state index contributed by atoms with van der Waals surface area (Å²) in [6.45, 7) is 4.78. The lowest BCUT2D eigenvalue weighted by Gasteiger charge is -2.15. The number of carboxylic acids is 1. The Kier molecular flexibility index (Phi) is 8.35. The number of likely N-dealkylation sites (N-methyl/N-ethyl adjacent to an activating group) is 1. The summed E-state index contributed by atoms with van der Waals surface area (Å²) >= 11 is 4.82. The zero-order valence-corrected chi connectivity index (χ0v) is 22.9. The average Bonchev–Trinajstić information content (AvgIpc) is 3.12. The number of hydrogen-bond donors (Lipinski definition) is 1. The molecule has 0 saturated carbocycles. The molecule has 9 heteroatoms. The Labute approximate surface area is 227 Å². The largest absolute Gasteiger partial charge is 0.490 e. The van der Waals surface area contributed by atoms with Crippen LogP contribution in [0.15, 0.2) is 75.0 Å². The summed E-state index contributed by atoms with van der Waals surface area (Å²) in [5.41, 5.74) is 3.58. The molecule has 190 valence electrons. The second-order valence-corrected chi connectivity index (χ2v) is 10.1. The highest BCUT2D eigenvalue weighted by Gasteiger charge is 2.30. The van der Waals surface area contributed by atoms with E-state index in [2.05, 4.69) is 20.9 Å². The minimum atomic E-state index is -1.03. The Morgan fingerprint density at radius 3 is 2.59 bits per heavy atom. The highest BCUT2D eigenvalue weighted by molar-refractivity contribution is 9.10. The zero-order chi connectivity index (χ0) is 26.5. The molecular formula is C28H25BrN2O5S. The summed E-state index contributed by atoms with van der Waals surface area (Å²) in [7, 11) is 1.64. The van der Waals surface area contributed by atoms with Crippen LogP contribution in [0.5, 0.6) is 11.5 Å². The quantitative estimate of drug-likeness (QED) is 0.299. The van der Waals surface area contributed by atoms with Crippen LogP contribution in [0, 0.1) is 6.92 Å². The summed E-state index contributed by atoms with van der Waals surface area (Å²) in [6.07, 6.45) is 1.77. The topological polar surface area (TPSA) is 88.4 Å². The number of nitrogens with zero attached hydrogens (tertiary/aromatic N) is 2. The van der Waals surface area contributed by atoms with E-state index in [1.54, 1.807) is 25.3 Å². The van der Waals surface area contributed by atoms with E-state index in [9.17, 15) is 14.7 Å². The second kappa shape index (κ2) is 11.7. The van der Waals surface area contributed by atoms with E-state index in [1.165, 1.54) is 34.4 Å². The molecular weight excluding hydrogens is 556 g/mol. The number of benzene rings is 3. The van der Waals surface area contributed by atoms with Gasteiger partial charge in [0.15, 0.2) is 16.7 Å². The van der Waals surface area contributed by atoms with Gasteiger partial charge in [0.05, 0.1) is 27.2 Å². The summed E-state index contributed by atoms with van der Waals surface area (Å²) < 4.78 is 12.6. The maximum Gasteiger partial charge on any atom is 0.335 e. The van der Waals surface area contributed by atoms with Crippen molar-refractivity contribution in [3.05, 3.63) is 92.3 Å². The lowest BCUT2D eigenvalue weighted by atomic mass is 10.1.